The van der Waals surface area contributed by atoms with Gasteiger partial charge in [-0.3, -0.25) is 14.5 Å². The molecule has 0 atom stereocenters. The lowest BCUT2D eigenvalue weighted by Crippen LogP contribution is -2.37. The van der Waals surface area contributed by atoms with Crippen LogP contribution in [0.25, 0.3) is 0 Å². The summed E-state index contributed by atoms with van der Waals surface area (Å²) in [7, 11) is 0. The van der Waals surface area contributed by atoms with E-state index in [0.29, 0.717) is 12.2 Å². The lowest BCUT2D eigenvalue weighted by molar-refractivity contribution is 0.221. The maximum Gasteiger partial charge on any atom is 0.253 e. The Balaban J connectivity index is 1.40. The van der Waals surface area contributed by atoms with Crippen molar-refractivity contribution in [1.82, 2.24) is 4.90 Å². The Morgan fingerprint density at radius 1 is 1.12 bits per heavy atom. The van der Waals surface area contributed by atoms with Gasteiger partial charge in [-0.05, 0) is 55.8 Å². The van der Waals surface area contributed by atoms with Gasteiger partial charge in [0.2, 0.25) is 0 Å². The smallest absolute Gasteiger partial charge is 0.253 e. The molecule has 6 heteroatoms. The second-order valence-electron chi connectivity index (χ2n) is 6.56. The molecule has 2 aromatic rings. The third-order valence-electron chi connectivity index (χ3n) is 4.59. The first kappa shape index (κ1) is 18.0. The molecule has 0 amide bonds. The molecule has 5 nitrogen and oxygen atoms in total. The van der Waals surface area contributed by atoms with E-state index in [9.17, 15) is 9.59 Å². The third-order valence-corrected chi connectivity index (χ3v) is 5.67. The van der Waals surface area contributed by atoms with Crippen LogP contribution in [0.3, 0.4) is 0 Å². The largest absolute Gasteiger partial charge is 0.394 e. The number of rotatable bonds is 8. The topological polar surface area (TPSA) is 75.4 Å². The van der Waals surface area contributed by atoms with E-state index in [1.165, 1.54) is 42.8 Å². The Bertz CT molecular complexity index is 777. The monoisotopic (exact) mass is 359 g/mol. The fourth-order valence-corrected chi connectivity index (χ4v) is 4.10. The first-order valence-corrected chi connectivity index (χ1v) is 9.90. The van der Waals surface area contributed by atoms with Gasteiger partial charge >= 0.3 is 0 Å². The molecule has 0 aromatic heterocycles. The Kier molecular flexibility index (Phi) is 6.15. The minimum absolute atomic E-state index is 0.0723. The minimum Gasteiger partial charge on any atom is -0.394 e. The molecule has 1 aliphatic rings. The number of nitrogens with two attached hydrogens (primary N) is 1. The van der Waals surface area contributed by atoms with E-state index in [-0.39, 0.29) is 5.69 Å². The fraction of sp³-hybridized carbons (Fsp3) is 0.474. The molecule has 1 fully saturated rings. The molecular formula is C19H25N3O2S. The van der Waals surface area contributed by atoms with E-state index in [1.807, 2.05) is 11.8 Å². The molecule has 1 aliphatic heterocycles. The molecule has 25 heavy (non-hydrogen) atoms. The van der Waals surface area contributed by atoms with E-state index in [0.717, 1.165) is 18.7 Å². The number of nitrogens with zero attached hydrogens (tertiary/aromatic N) is 1. The van der Waals surface area contributed by atoms with Crippen LogP contribution in [-0.2, 0) is 6.54 Å². The van der Waals surface area contributed by atoms with Gasteiger partial charge in [-0.15, -0.1) is 11.8 Å². The second-order valence-corrected chi connectivity index (χ2v) is 7.73. The first-order chi connectivity index (χ1) is 12.1. The van der Waals surface area contributed by atoms with Crippen molar-refractivity contribution < 1.29 is 0 Å². The van der Waals surface area contributed by atoms with Crippen LogP contribution in [0.15, 0.2) is 38.8 Å². The van der Waals surface area contributed by atoms with Gasteiger partial charge in [-0.2, -0.15) is 0 Å². The van der Waals surface area contributed by atoms with Crippen molar-refractivity contribution in [2.45, 2.75) is 37.1 Å². The highest BCUT2D eigenvalue weighted by molar-refractivity contribution is 7.99. The molecule has 0 saturated carbocycles. The van der Waals surface area contributed by atoms with E-state index >= 15 is 0 Å². The van der Waals surface area contributed by atoms with Gasteiger partial charge in [0.15, 0.2) is 0 Å². The van der Waals surface area contributed by atoms with Crippen molar-refractivity contribution in [2.75, 3.05) is 36.4 Å². The number of benzene rings is 1. The van der Waals surface area contributed by atoms with Crippen molar-refractivity contribution in [1.29, 1.82) is 0 Å². The Labute approximate surface area is 152 Å². The van der Waals surface area contributed by atoms with Gasteiger partial charge in [0, 0.05) is 18.0 Å². The van der Waals surface area contributed by atoms with Gasteiger partial charge in [0.25, 0.3) is 10.9 Å². The van der Waals surface area contributed by atoms with Crippen LogP contribution >= 0.6 is 11.8 Å². The van der Waals surface area contributed by atoms with Crippen LogP contribution in [0.1, 0.15) is 31.2 Å². The van der Waals surface area contributed by atoms with Gasteiger partial charge < -0.3 is 11.1 Å². The highest BCUT2D eigenvalue weighted by Crippen LogP contribution is 2.22. The van der Waals surface area contributed by atoms with Gasteiger partial charge in [0.1, 0.15) is 11.4 Å². The Morgan fingerprint density at radius 3 is 2.68 bits per heavy atom. The summed E-state index contributed by atoms with van der Waals surface area (Å²) in [6.45, 7) is 4.11. The van der Waals surface area contributed by atoms with Crippen LogP contribution in [0.5, 0.6) is 0 Å². The molecule has 0 spiro atoms. The quantitative estimate of drug-likeness (QED) is 0.428. The van der Waals surface area contributed by atoms with Crippen LogP contribution in [0.4, 0.5) is 11.4 Å². The molecule has 3 rings (SSSR count). The molecule has 1 saturated heterocycles. The second kappa shape index (κ2) is 8.54. The van der Waals surface area contributed by atoms with E-state index in [1.54, 1.807) is 0 Å². The van der Waals surface area contributed by atoms with Crippen LogP contribution in [0, 0.1) is 0 Å². The van der Waals surface area contributed by atoms with Crippen molar-refractivity contribution in [3.8, 4) is 0 Å². The van der Waals surface area contributed by atoms with Crippen molar-refractivity contribution >= 4 is 23.1 Å². The third kappa shape index (κ3) is 4.64. The summed E-state index contributed by atoms with van der Waals surface area (Å²) in [6.07, 6.45) is 4.90. The summed E-state index contributed by atoms with van der Waals surface area (Å²) in [5, 5.41) is 2.97. The highest BCUT2D eigenvalue weighted by Gasteiger charge is 2.16. The average molecular weight is 359 g/mol. The van der Waals surface area contributed by atoms with Gasteiger partial charge in [0.05, 0.1) is 0 Å². The van der Waals surface area contributed by atoms with E-state index in [2.05, 4.69) is 34.5 Å². The van der Waals surface area contributed by atoms with Crippen LogP contribution < -0.4 is 21.9 Å². The Hall–Kier alpha value is -1.79. The molecular weight excluding hydrogens is 334 g/mol. The van der Waals surface area contributed by atoms with Crippen molar-refractivity contribution in [2.24, 2.45) is 0 Å². The van der Waals surface area contributed by atoms with Crippen LogP contribution in [0.2, 0.25) is 0 Å². The maximum atomic E-state index is 11.3. The molecule has 2 aromatic carbocycles. The summed E-state index contributed by atoms with van der Waals surface area (Å²) in [5.41, 5.74) is 6.18. The van der Waals surface area contributed by atoms with E-state index < -0.39 is 10.9 Å². The lowest BCUT2D eigenvalue weighted by Gasteiger charge is -2.26. The molecule has 1 heterocycles. The zero-order chi connectivity index (χ0) is 17.6. The number of thioether (sulfide) groups is 1. The predicted molar refractivity (Wildman–Crippen MR) is 105 cm³/mol. The molecule has 134 valence electrons. The summed E-state index contributed by atoms with van der Waals surface area (Å²) in [5.74, 6) is 0.954. The lowest BCUT2D eigenvalue weighted by atomic mass is 10.1. The zero-order valence-electron chi connectivity index (χ0n) is 14.4. The summed E-state index contributed by atoms with van der Waals surface area (Å²) in [4.78, 5) is 26.2. The molecule has 0 radical (unpaired) electrons. The zero-order valence-corrected chi connectivity index (χ0v) is 15.2. The predicted octanol–water partition coefficient (Wildman–Crippen LogP) is 2.45. The van der Waals surface area contributed by atoms with Gasteiger partial charge in [-0.1, -0.05) is 18.6 Å². The highest BCUT2D eigenvalue weighted by atomic mass is 32.2. The number of piperidine rings is 1. The normalized spacial score (nSPS) is 15.5. The number of hydrogen-bond acceptors (Lipinski definition) is 6. The van der Waals surface area contributed by atoms with E-state index in [4.69, 9.17) is 5.73 Å². The van der Waals surface area contributed by atoms with Crippen molar-refractivity contribution in [3.05, 3.63) is 50.3 Å². The SMILES string of the molecule is Nc1c(NCCCSc2cccc(CN3CCCCC3)c2)c(=O)c1=O. The fourth-order valence-electron chi connectivity index (χ4n) is 3.17. The number of anilines is 2. The number of nitrogen functional groups attached to an aromatic ring is 1. The molecule has 3 N–H and O–H groups in total. The Morgan fingerprint density at radius 2 is 1.92 bits per heavy atom. The van der Waals surface area contributed by atoms with Gasteiger partial charge in [-0.25, -0.2) is 0 Å². The summed E-state index contributed by atoms with van der Waals surface area (Å²) < 4.78 is 0. The number of nitrogens with one attached hydrogen (secondary N) is 1. The molecule has 0 bridgehead atoms. The summed E-state index contributed by atoms with van der Waals surface area (Å²) in [6, 6.07) is 8.76. The molecule has 0 aliphatic carbocycles. The summed E-state index contributed by atoms with van der Waals surface area (Å²) >= 11 is 1.82. The number of likely N-dealkylation sites (tertiary alicyclic amines) is 1. The molecule has 0 unspecified atom stereocenters. The maximum absolute atomic E-state index is 11.3. The standard InChI is InChI=1S/C19H25N3O2S/c20-16-17(19(24)18(16)23)21-8-5-11-25-15-7-4-6-14(12-15)13-22-9-2-1-3-10-22/h4,6-7,12,21H,1-3,5,8-11,13,20H2. The van der Waals surface area contributed by atoms with Crippen molar-refractivity contribution in [3.63, 3.8) is 0 Å². The first-order valence-electron chi connectivity index (χ1n) is 8.92. The van der Waals surface area contributed by atoms with Crippen LogP contribution in [-0.4, -0.2) is 30.3 Å². The average Bonchev–Trinajstić information content (AvgIpc) is 2.65. The number of hydrogen-bond donors (Lipinski definition) is 2. The minimum atomic E-state index is -0.567.